The van der Waals surface area contributed by atoms with Crippen molar-refractivity contribution in [2.75, 3.05) is 5.32 Å². The van der Waals surface area contributed by atoms with E-state index >= 15 is 0 Å². The van der Waals surface area contributed by atoms with Crippen LogP contribution in [-0.2, 0) is 4.79 Å². The van der Waals surface area contributed by atoms with E-state index in [4.69, 9.17) is 5.11 Å². The van der Waals surface area contributed by atoms with E-state index in [0.29, 0.717) is 6.42 Å². The fraction of sp³-hybridized carbons (Fsp3) is 0.357. The molecule has 0 amide bonds. The number of carbonyl (C=O) groups is 1. The van der Waals surface area contributed by atoms with Crippen LogP contribution in [0.25, 0.3) is 10.9 Å². The van der Waals surface area contributed by atoms with Gasteiger partial charge < -0.3 is 10.4 Å². The lowest BCUT2D eigenvalue weighted by molar-refractivity contribution is -0.141. The SMILES string of the molecule is O=C(O)C1CCC(Nc2ncnc3ccccc23)C1. The maximum absolute atomic E-state index is 11.0. The summed E-state index contributed by atoms with van der Waals surface area (Å²) in [5, 5.41) is 13.3. The van der Waals surface area contributed by atoms with Crippen molar-refractivity contribution in [2.45, 2.75) is 25.3 Å². The van der Waals surface area contributed by atoms with Crippen LogP contribution in [0.4, 0.5) is 5.82 Å². The van der Waals surface area contributed by atoms with Crippen molar-refractivity contribution in [1.82, 2.24) is 9.97 Å². The Hall–Kier alpha value is -2.17. The van der Waals surface area contributed by atoms with Crippen LogP contribution in [0.1, 0.15) is 19.3 Å². The van der Waals surface area contributed by atoms with Crippen LogP contribution in [0.3, 0.4) is 0 Å². The van der Waals surface area contributed by atoms with Crippen molar-refractivity contribution in [3.05, 3.63) is 30.6 Å². The Balaban J connectivity index is 1.81. The second-order valence-electron chi connectivity index (χ2n) is 4.93. The van der Waals surface area contributed by atoms with E-state index in [1.54, 1.807) is 0 Å². The Bertz CT molecular complexity index is 609. The van der Waals surface area contributed by atoms with Gasteiger partial charge in [0.2, 0.25) is 0 Å². The summed E-state index contributed by atoms with van der Waals surface area (Å²) >= 11 is 0. The van der Waals surface area contributed by atoms with Gasteiger partial charge in [0, 0.05) is 11.4 Å². The minimum Gasteiger partial charge on any atom is -0.481 e. The Labute approximate surface area is 110 Å². The van der Waals surface area contributed by atoms with E-state index in [-0.39, 0.29) is 12.0 Å². The molecule has 2 aromatic rings. The molecule has 1 fully saturated rings. The van der Waals surface area contributed by atoms with Crippen LogP contribution in [0.2, 0.25) is 0 Å². The number of carboxylic acid groups (broad SMARTS) is 1. The molecule has 5 heteroatoms. The van der Waals surface area contributed by atoms with E-state index in [1.807, 2.05) is 24.3 Å². The third kappa shape index (κ3) is 2.36. The quantitative estimate of drug-likeness (QED) is 0.882. The van der Waals surface area contributed by atoms with Crippen molar-refractivity contribution >= 4 is 22.7 Å². The molecule has 98 valence electrons. The molecule has 0 bridgehead atoms. The van der Waals surface area contributed by atoms with Gasteiger partial charge in [-0.05, 0) is 31.4 Å². The van der Waals surface area contributed by atoms with Crippen molar-refractivity contribution in [3.63, 3.8) is 0 Å². The standard InChI is InChI=1S/C14H15N3O2/c18-14(19)9-5-6-10(7-9)17-13-11-3-1-2-4-12(11)15-8-16-13/h1-4,8-10H,5-7H2,(H,18,19)(H,15,16,17). The minimum atomic E-state index is -0.697. The molecule has 0 spiro atoms. The molecule has 1 aromatic heterocycles. The first-order chi connectivity index (χ1) is 9.24. The van der Waals surface area contributed by atoms with E-state index in [1.165, 1.54) is 6.33 Å². The molecule has 2 N–H and O–H groups in total. The normalized spacial score (nSPS) is 22.5. The maximum atomic E-state index is 11.0. The van der Waals surface area contributed by atoms with Gasteiger partial charge in [0.25, 0.3) is 0 Å². The highest BCUT2D eigenvalue weighted by atomic mass is 16.4. The summed E-state index contributed by atoms with van der Waals surface area (Å²) in [7, 11) is 0. The zero-order valence-corrected chi connectivity index (χ0v) is 10.4. The molecule has 1 heterocycles. The Morgan fingerprint density at radius 3 is 2.89 bits per heavy atom. The topological polar surface area (TPSA) is 75.1 Å². The average molecular weight is 257 g/mol. The van der Waals surface area contributed by atoms with Crippen LogP contribution in [0.15, 0.2) is 30.6 Å². The number of aromatic nitrogens is 2. The molecule has 0 aliphatic heterocycles. The van der Waals surface area contributed by atoms with Gasteiger partial charge in [0.1, 0.15) is 12.1 Å². The lowest BCUT2D eigenvalue weighted by Gasteiger charge is -2.14. The van der Waals surface area contributed by atoms with E-state index < -0.39 is 5.97 Å². The molecule has 19 heavy (non-hydrogen) atoms. The third-order valence-corrected chi connectivity index (χ3v) is 3.67. The molecule has 0 radical (unpaired) electrons. The third-order valence-electron chi connectivity index (χ3n) is 3.67. The zero-order chi connectivity index (χ0) is 13.2. The smallest absolute Gasteiger partial charge is 0.306 e. The number of hydrogen-bond acceptors (Lipinski definition) is 4. The number of benzene rings is 1. The molecule has 1 aliphatic rings. The molecule has 2 unspecified atom stereocenters. The number of fused-ring (bicyclic) bond motifs is 1. The summed E-state index contributed by atoms with van der Waals surface area (Å²) in [6.45, 7) is 0. The van der Waals surface area contributed by atoms with Crippen LogP contribution < -0.4 is 5.32 Å². The van der Waals surface area contributed by atoms with Gasteiger partial charge in [-0.1, -0.05) is 12.1 Å². The van der Waals surface area contributed by atoms with Gasteiger partial charge in [0.05, 0.1) is 11.4 Å². The fourth-order valence-electron chi connectivity index (χ4n) is 2.65. The second kappa shape index (κ2) is 4.84. The summed E-state index contributed by atoms with van der Waals surface area (Å²) in [5.74, 6) is -0.135. The van der Waals surface area contributed by atoms with Gasteiger partial charge in [-0.3, -0.25) is 4.79 Å². The maximum Gasteiger partial charge on any atom is 0.306 e. The molecule has 5 nitrogen and oxygen atoms in total. The van der Waals surface area contributed by atoms with Crippen LogP contribution in [-0.4, -0.2) is 27.1 Å². The Morgan fingerprint density at radius 2 is 2.11 bits per heavy atom. The molecule has 2 atom stereocenters. The van der Waals surface area contributed by atoms with Gasteiger partial charge >= 0.3 is 5.97 Å². The summed E-state index contributed by atoms with van der Waals surface area (Å²) < 4.78 is 0. The number of carboxylic acids is 1. The summed E-state index contributed by atoms with van der Waals surface area (Å²) in [5.41, 5.74) is 0.896. The van der Waals surface area contributed by atoms with E-state index in [0.717, 1.165) is 29.6 Å². The molecular weight excluding hydrogens is 242 g/mol. The number of nitrogens with one attached hydrogen (secondary N) is 1. The molecule has 1 aliphatic carbocycles. The van der Waals surface area contributed by atoms with Crippen molar-refractivity contribution in [3.8, 4) is 0 Å². The zero-order valence-electron chi connectivity index (χ0n) is 10.4. The number of anilines is 1. The number of aliphatic carboxylic acids is 1. The van der Waals surface area contributed by atoms with Gasteiger partial charge in [-0.25, -0.2) is 9.97 Å². The molecular formula is C14H15N3O2. The fourth-order valence-corrected chi connectivity index (χ4v) is 2.65. The highest BCUT2D eigenvalue weighted by Gasteiger charge is 2.29. The van der Waals surface area contributed by atoms with Crippen LogP contribution in [0, 0.1) is 5.92 Å². The molecule has 3 rings (SSSR count). The highest BCUT2D eigenvalue weighted by molar-refractivity contribution is 5.88. The number of rotatable bonds is 3. The first kappa shape index (κ1) is 11.9. The summed E-state index contributed by atoms with van der Waals surface area (Å²) in [6, 6.07) is 7.98. The molecule has 1 saturated carbocycles. The largest absolute Gasteiger partial charge is 0.481 e. The predicted molar refractivity (Wildman–Crippen MR) is 71.9 cm³/mol. The monoisotopic (exact) mass is 257 g/mol. The highest BCUT2D eigenvalue weighted by Crippen LogP contribution is 2.29. The first-order valence-corrected chi connectivity index (χ1v) is 6.43. The first-order valence-electron chi connectivity index (χ1n) is 6.43. The van der Waals surface area contributed by atoms with Crippen molar-refractivity contribution < 1.29 is 9.90 Å². The van der Waals surface area contributed by atoms with Crippen LogP contribution >= 0.6 is 0 Å². The minimum absolute atomic E-state index is 0.180. The Morgan fingerprint density at radius 1 is 1.26 bits per heavy atom. The van der Waals surface area contributed by atoms with Gasteiger partial charge in [0.15, 0.2) is 0 Å². The Kier molecular flexibility index (Phi) is 3.03. The molecule has 1 aromatic carbocycles. The predicted octanol–water partition coefficient (Wildman–Crippen LogP) is 2.29. The van der Waals surface area contributed by atoms with Crippen molar-refractivity contribution in [1.29, 1.82) is 0 Å². The number of para-hydroxylation sites is 1. The number of hydrogen-bond donors (Lipinski definition) is 2. The van der Waals surface area contributed by atoms with Crippen LogP contribution in [0.5, 0.6) is 0 Å². The summed E-state index contributed by atoms with van der Waals surface area (Å²) in [6.07, 6.45) is 3.80. The van der Waals surface area contributed by atoms with Gasteiger partial charge in [-0.15, -0.1) is 0 Å². The summed E-state index contributed by atoms with van der Waals surface area (Å²) in [4.78, 5) is 19.4. The van der Waals surface area contributed by atoms with E-state index in [9.17, 15) is 4.79 Å². The average Bonchev–Trinajstić information content (AvgIpc) is 2.88. The van der Waals surface area contributed by atoms with Crippen molar-refractivity contribution in [2.24, 2.45) is 5.92 Å². The van der Waals surface area contributed by atoms with Gasteiger partial charge in [-0.2, -0.15) is 0 Å². The molecule has 0 saturated heterocycles. The lowest BCUT2D eigenvalue weighted by Crippen LogP contribution is -2.18. The van der Waals surface area contributed by atoms with E-state index in [2.05, 4.69) is 15.3 Å². The lowest BCUT2D eigenvalue weighted by atomic mass is 10.1. The number of nitrogens with zero attached hydrogens (tertiary/aromatic N) is 2. The second-order valence-corrected chi connectivity index (χ2v) is 4.93.